The van der Waals surface area contributed by atoms with Crippen molar-refractivity contribution < 1.29 is 0 Å². The summed E-state index contributed by atoms with van der Waals surface area (Å²) in [6.45, 7) is 1.69. The number of nitrogens with two attached hydrogens (primary N) is 1. The summed E-state index contributed by atoms with van der Waals surface area (Å²) in [7, 11) is 0. The molecule has 0 saturated carbocycles. The molecule has 0 aliphatic carbocycles. The summed E-state index contributed by atoms with van der Waals surface area (Å²) in [6, 6.07) is 18.5. The molecule has 0 radical (unpaired) electrons. The third kappa shape index (κ3) is 2.18. The van der Waals surface area contributed by atoms with Crippen molar-refractivity contribution in [2.45, 2.75) is 12.0 Å². The summed E-state index contributed by atoms with van der Waals surface area (Å²) in [6.07, 6.45) is 1.00. The molecule has 2 aromatic rings. The number of hydrogen-bond donors (Lipinski definition) is 1. The van der Waals surface area contributed by atoms with Crippen molar-refractivity contribution in [3.05, 3.63) is 70.2 Å². The number of aliphatic imine (C=N–C) groups is 2. The molecule has 0 saturated heterocycles. The highest BCUT2D eigenvalue weighted by atomic mass is 79.9. The Hall–Kier alpha value is -2.14. The van der Waals surface area contributed by atoms with E-state index in [9.17, 15) is 0 Å². The van der Waals surface area contributed by atoms with E-state index in [0.717, 1.165) is 40.9 Å². The van der Waals surface area contributed by atoms with Crippen LogP contribution in [0.4, 0.5) is 0 Å². The Labute approximate surface area is 143 Å². The molecule has 0 aromatic heterocycles. The average molecular weight is 369 g/mol. The van der Waals surface area contributed by atoms with E-state index >= 15 is 0 Å². The van der Waals surface area contributed by atoms with E-state index < -0.39 is 5.54 Å². The summed E-state index contributed by atoms with van der Waals surface area (Å²) >= 11 is 3.58. The van der Waals surface area contributed by atoms with Crippen LogP contribution in [0.3, 0.4) is 0 Å². The maximum absolute atomic E-state index is 6.26. The van der Waals surface area contributed by atoms with Crippen LogP contribution in [-0.2, 0) is 5.54 Å². The van der Waals surface area contributed by atoms with E-state index in [1.54, 1.807) is 0 Å². The minimum Gasteiger partial charge on any atom is -0.369 e. The average Bonchev–Trinajstić information content (AvgIpc) is 2.90. The van der Waals surface area contributed by atoms with Crippen LogP contribution in [0.15, 0.2) is 69.1 Å². The van der Waals surface area contributed by atoms with Gasteiger partial charge >= 0.3 is 0 Å². The van der Waals surface area contributed by atoms with Gasteiger partial charge in [-0.2, -0.15) is 0 Å². The van der Waals surface area contributed by atoms with Gasteiger partial charge in [-0.25, -0.2) is 4.99 Å². The molecule has 5 heteroatoms. The Morgan fingerprint density at radius 3 is 2.61 bits per heavy atom. The fourth-order valence-corrected chi connectivity index (χ4v) is 3.77. The first kappa shape index (κ1) is 14.5. The number of fused-ring (bicyclic) bond motifs is 1. The van der Waals surface area contributed by atoms with E-state index in [1.165, 1.54) is 0 Å². The molecule has 4 nitrogen and oxygen atoms in total. The normalized spacial score (nSPS) is 23.3. The quantitative estimate of drug-likeness (QED) is 0.885. The lowest BCUT2D eigenvalue weighted by molar-refractivity contribution is 0.531. The SMILES string of the molecule is NC1=N[C@@](c2ccccc2)(c2cccc(Br)c2)C2=NCCCN12. The maximum Gasteiger partial charge on any atom is 0.198 e. The van der Waals surface area contributed by atoms with Crippen LogP contribution in [0.25, 0.3) is 0 Å². The van der Waals surface area contributed by atoms with Crippen molar-refractivity contribution in [1.82, 2.24) is 4.90 Å². The van der Waals surface area contributed by atoms with E-state index in [1.807, 2.05) is 30.3 Å². The Morgan fingerprint density at radius 1 is 1.04 bits per heavy atom. The number of rotatable bonds is 2. The standard InChI is InChI=1S/C18H17BrN4/c19-15-9-4-8-14(12-15)18(13-6-2-1-3-7-13)16-21-10-5-11-23(16)17(20)22-18/h1-4,6-9,12H,5,10-11H2,(H2,20,22)/t18-/m0/s1. The zero-order valence-electron chi connectivity index (χ0n) is 12.6. The van der Waals surface area contributed by atoms with Gasteiger partial charge in [0.25, 0.3) is 0 Å². The minimum absolute atomic E-state index is 0.548. The van der Waals surface area contributed by atoms with Crippen LogP contribution in [0.1, 0.15) is 17.5 Å². The molecule has 0 fully saturated rings. The fourth-order valence-electron chi connectivity index (χ4n) is 3.37. The van der Waals surface area contributed by atoms with Gasteiger partial charge in [0.15, 0.2) is 11.5 Å². The molecule has 2 aliphatic rings. The monoisotopic (exact) mass is 368 g/mol. The van der Waals surface area contributed by atoms with Crippen molar-refractivity contribution >= 4 is 27.7 Å². The van der Waals surface area contributed by atoms with Crippen LogP contribution in [0.5, 0.6) is 0 Å². The van der Waals surface area contributed by atoms with E-state index in [0.29, 0.717) is 5.96 Å². The predicted molar refractivity (Wildman–Crippen MR) is 96.6 cm³/mol. The first-order chi connectivity index (χ1) is 11.2. The maximum atomic E-state index is 6.26. The predicted octanol–water partition coefficient (Wildman–Crippen LogP) is 3.13. The van der Waals surface area contributed by atoms with Crippen LogP contribution in [0, 0.1) is 0 Å². The molecule has 2 aliphatic heterocycles. The minimum atomic E-state index is -0.657. The summed E-state index contributed by atoms with van der Waals surface area (Å²) in [5.41, 5.74) is 7.76. The molecule has 2 heterocycles. The summed E-state index contributed by atoms with van der Waals surface area (Å²) in [4.78, 5) is 11.8. The molecule has 0 spiro atoms. The molecule has 0 unspecified atom stereocenters. The molecule has 0 bridgehead atoms. The Kier molecular flexibility index (Phi) is 3.45. The Balaban J connectivity index is 2.01. The second-order valence-corrected chi connectivity index (χ2v) is 6.68. The van der Waals surface area contributed by atoms with Crippen molar-refractivity contribution in [3.8, 4) is 0 Å². The largest absolute Gasteiger partial charge is 0.369 e. The fraction of sp³-hybridized carbons (Fsp3) is 0.222. The highest BCUT2D eigenvalue weighted by molar-refractivity contribution is 9.10. The van der Waals surface area contributed by atoms with Crippen molar-refractivity contribution in [1.29, 1.82) is 0 Å². The summed E-state index contributed by atoms with van der Waals surface area (Å²) in [5, 5.41) is 0. The number of nitrogens with zero attached hydrogens (tertiary/aromatic N) is 3. The molecule has 2 aromatic carbocycles. The highest BCUT2D eigenvalue weighted by Crippen LogP contribution is 2.41. The van der Waals surface area contributed by atoms with Crippen LogP contribution < -0.4 is 5.73 Å². The van der Waals surface area contributed by atoms with Gasteiger partial charge in [-0.1, -0.05) is 58.4 Å². The number of halogens is 1. The molecule has 23 heavy (non-hydrogen) atoms. The van der Waals surface area contributed by atoms with Gasteiger partial charge in [-0.15, -0.1) is 0 Å². The number of guanidine groups is 1. The first-order valence-electron chi connectivity index (χ1n) is 7.71. The lowest BCUT2D eigenvalue weighted by Gasteiger charge is -2.33. The van der Waals surface area contributed by atoms with Gasteiger partial charge in [-0.05, 0) is 29.7 Å². The smallest absolute Gasteiger partial charge is 0.198 e. The van der Waals surface area contributed by atoms with Crippen LogP contribution in [0.2, 0.25) is 0 Å². The number of benzene rings is 2. The molecule has 116 valence electrons. The van der Waals surface area contributed by atoms with Gasteiger partial charge in [0.05, 0.1) is 0 Å². The zero-order valence-corrected chi connectivity index (χ0v) is 14.2. The van der Waals surface area contributed by atoms with Gasteiger partial charge < -0.3 is 5.73 Å². The summed E-state index contributed by atoms with van der Waals surface area (Å²) < 4.78 is 1.02. The lowest BCUT2D eigenvalue weighted by Crippen LogP contribution is -2.46. The van der Waals surface area contributed by atoms with Crippen LogP contribution >= 0.6 is 15.9 Å². The third-order valence-electron chi connectivity index (χ3n) is 4.37. The van der Waals surface area contributed by atoms with E-state index in [2.05, 4.69) is 45.1 Å². The van der Waals surface area contributed by atoms with Gasteiger partial charge in [0.1, 0.15) is 5.84 Å². The van der Waals surface area contributed by atoms with E-state index in [-0.39, 0.29) is 0 Å². The second-order valence-electron chi connectivity index (χ2n) is 5.77. The summed E-state index contributed by atoms with van der Waals surface area (Å²) in [5.74, 6) is 1.48. The Morgan fingerprint density at radius 2 is 1.83 bits per heavy atom. The number of hydrogen-bond acceptors (Lipinski definition) is 4. The molecular weight excluding hydrogens is 352 g/mol. The first-order valence-corrected chi connectivity index (χ1v) is 8.50. The number of amidine groups is 1. The molecule has 1 atom stereocenters. The van der Waals surface area contributed by atoms with Crippen molar-refractivity contribution in [2.24, 2.45) is 15.7 Å². The molecule has 0 amide bonds. The zero-order chi connectivity index (χ0) is 15.9. The van der Waals surface area contributed by atoms with Crippen LogP contribution in [-0.4, -0.2) is 29.8 Å². The Bertz CT molecular complexity index is 800. The second kappa shape index (κ2) is 5.49. The van der Waals surface area contributed by atoms with Gasteiger partial charge in [0, 0.05) is 17.6 Å². The van der Waals surface area contributed by atoms with Crippen molar-refractivity contribution in [3.63, 3.8) is 0 Å². The van der Waals surface area contributed by atoms with Crippen molar-refractivity contribution in [2.75, 3.05) is 13.1 Å². The molecular formula is C18H17BrN4. The topological polar surface area (TPSA) is 54.0 Å². The third-order valence-corrected chi connectivity index (χ3v) is 4.87. The lowest BCUT2D eigenvalue weighted by atomic mass is 9.82. The molecule has 4 rings (SSSR count). The highest BCUT2D eigenvalue weighted by Gasteiger charge is 2.48. The van der Waals surface area contributed by atoms with E-state index in [4.69, 9.17) is 15.7 Å². The molecule has 2 N–H and O–H groups in total. The van der Waals surface area contributed by atoms with Gasteiger partial charge in [-0.3, -0.25) is 9.89 Å². The van der Waals surface area contributed by atoms with Gasteiger partial charge in [0.2, 0.25) is 0 Å².